The second-order valence-electron chi connectivity index (χ2n) is 6.11. The Balaban J connectivity index is 1.88. The Kier molecular flexibility index (Phi) is 3.64. The van der Waals surface area contributed by atoms with Crippen LogP contribution < -0.4 is 10.1 Å². The summed E-state index contributed by atoms with van der Waals surface area (Å²) in [6.45, 7) is 3.68. The molecule has 0 unspecified atom stereocenters. The molecule has 1 N–H and O–H groups in total. The fourth-order valence-corrected chi connectivity index (χ4v) is 2.55. The van der Waals surface area contributed by atoms with Crippen LogP contribution in [0.3, 0.4) is 0 Å². The molecule has 0 fully saturated rings. The number of para-hydroxylation sites is 1. The summed E-state index contributed by atoms with van der Waals surface area (Å²) in [5.74, 6) is -0.596. The van der Waals surface area contributed by atoms with Gasteiger partial charge in [-0.1, -0.05) is 12.1 Å². The average molecular weight is 313 g/mol. The highest BCUT2D eigenvalue weighted by Crippen LogP contribution is 2.33. The maximum Gasteiger partial charge on any atom is 0.255 e. The number of fused-ring (bicyclic) bond motifs is 1. The lowest BCUT2D eigenvalue weighted by atomic mass is 9.92. The Morgan fingerprint density at radius 2 is 1.96 bits per heavy atom. The third-order valence-corrected chi connectivity index (χ3v) is 3.64. The molecule has 0 aromatic heterocycles. The molecule has 1 heterocycles. The molecule has 4 nitrogen and oxygen atoms in total. The fraction of sp³-hybridized carbons (Fsp3) is 0.222. The second-order valence-corrected chi connectivity index (χ2v) is 6.11. The van der Waals surface area contributed by atoms with Crippen LogP contribution in [-0.4, -0.2) is 17.3 Å². The van der Waals surface area contributed by atoms with Crippen molar-refractivity contribution in [3.8, 4) is 5.75 Å². The third-order valence-electron chi connectivity index (χ3n) is 3.64. The SMILES string of the molecule is CC1(C)CC(=O)c2cc(C(=O)Nc3ccccc3F)ccc2O1. The van der Waals surface area contributed by atoms with Crippen molar-refractivity contribution in [1.82, 2.24) is 0 Å². The van der Waals surface area contributed by atoms with E-state index in [2.05, 4.69) is 5.32 Å². The van der Waals surface area contributed by atoms with Crippen molar-refractivity contribution in [2.75, 3.05) is 5.32 Å². The van der Waals surface area contributed by atoms with Crippen LogP contribution in [-0.2, 0) is 0 Å². The first kappa shape index (κ1) is 15.2. The third kappa shape index (κ3) is 3.08. The van der Waals surface area contributed by atoms with Gasteiger partial charge in [0.15, 0.2) is 5.78 Å². The van der Waals surface area contributed by atoms with Crippen molar-refractivity contribution in [2.24, 2.45) is 0 Å². The quantitative estimate of drug-likeness (QED) is 0.917. The molecule has 118 valence electrons. The van der Waals surface area contributed by atoms with E-state index in [0.29, 0.717) is 11.3 Å². The second kappa shape index (κ2) is 5.50. The number of carbonyl (C=O) groups is 2. The van der Waals surface area contributed by atoms with Crippen LogP contribution in [0.25, 0.3) is 0 Å². The lowest BCUT2D eigenvalue weighted by Crippen LogP contribution is -2.36. The maximum atomic E-state index is 13.6. The van der Waals surface area contributed by atoms with Gasteiger partial charge in [-0.25, -0.2) is 4.39 Å². The molecular weight excluding hydrogens is 297 g/mol. The van der Waals surface area contributed by atoms with E-state index < -0.39 is 17.3 Å². The number of halogens is 1. The van der Waals surface area contributed by atoms with Gasteiger partial charge in [0.1, 0.15) is 17.2 Å². The minimum absolute atomic E-state index is 0.0724. The zero-order valence-corrected chi connectivity index (χ0v) is 12.9. The van der Waals surface area contributed by atoms with Crippen LogP contribution in [0.4, 0.5) is 10.1 Å². The van der Waals surface area contributed by atoms with Crippen LogP contribution in [0.1, 0.15) is 41.0 Å². The minimum Gasteiger partial charge on any atom is -0.487 e. The number of hydrogen-bond acceptors (Lipinski definition) is 3. The van der Waals surface area contributed by atoms with E-state index in [1.165, 1.54) is 18.2 Å². The molecular formula is C18H16FNO3. The number of carbonyl (C=O) groups excluding carboxylic acids is 2. The van der Waals surface area contributed by atoms with E-state index in [1.54, 1.807) is 24.3 Å². The van der Waals surface area contributed by atoms with E-state index in [-0.39, 0.29) is 23.5 Å². The number of rotatable bonds is 2. The lowest BCUT2D eigenvalue weighted by Gasteiger charge is -2.31. The van der Waals surface area contributed by atoms with Gasteiger partial charge < -0.3 is 10.1 Å². The summed E-state index contributed by atoms with van der Waals surface area (Å²) in [7, 11) is 0. The number of hydrogen-bond donors (Lipinski definition) is 1. The Bertz CT molecular complexity index is 799. The average Bonchev–Trinajstić information content (AvgIpc) is 2.48. The topological polar surface area (TPSA) is 55.4 Å². The Morgan fingerprint density at radius 3 is 2.70 bits per heavy atom. The van der Waals surface area contributed by atoms with E-state index >= 15 is 0 Å². The summed E-state index contributed by atoms with van der Waals surface area (Å²) < 4.78 is 19.3. The molecule has 3 rings (SSSR count). The van der Waals surface area contributed by atoms with E-state index in [0.717, 1.165) is 0 Å². The molecule has 1 aliphatic heterocycles. The maximum absolute atomic E-state index is 13.6. The first-order valence-corrected chi connectivity index (χ1v) is 7.28. The monoisotopic (exact) mass is 313 g/mol. The molecule has 0 radical (unpaired) electrons. The lowest BCUT2D eigenvalue weighted by molar-refractivity contribution is 0.0620. The van der Waals surface area contributed by atoms with Crippen molar-refractivity contribution >= 4 is 17.4 Å². The summed E-state index contributed by atoms with van der Waals surface area (Å²) in [5, 5.41) is 2.50. The number of Topliss-reactive ketones (excluding diaryl/α,β-unsaturated/α-hetero) is 1. The van der Waals surface area contributed by atoms with Crippen LogP contribution in [0.5, 0.6) is 5.75 Å². The van der Waals surface area contributed by atoms with Gasteiger partial charge in [0.05, 0.1) is 17.7 Å². The van der Waals surface area contributed by atoms with Gasteiger partial charge in [-0.05, 0) is 44.2 Å². The Labute approximate surface area is 133 Å². The molecule has 23 heavy (non-hydrogen) atoms. The van der Waals surface area contributed by atoms with Crippen molar-refractivity contribution < 1.29 is 18.7 Å². The van der Waals surface area contributed by atoms with Crippen LogP contribution in [0, 0.1) is 5.82 Å². The molecule has 0 aliphatic carbocycles. The Hall–Kier alpha value is -2.69. The van der Waals surface area contributed by atoms with Crippen molar-refractivity contribution in [2.45, 2.75) is 25.9 Å². The minimum atomic E-state index is -0.555. The van der Waals surface area contributed by atoms with Gasteiger partial charge in [-0.3, -0.25) is 9.59 Å². The number of ketones is 1. The molecule has 0 spiro atoms. The highest BCUT2D eigenvalue weighted by molar-refractivity contribution is 6.07. The molecule has 0 bridgehead atoms. The van der Waals surface area contributed by atoms with Crippen molar-refractivity contribution in [1.29, 1.82) is 0 Å². The van der Waals surface area contributed by atoms with Crippen molar-refractivity contribution in [3.05, 3.63) is 59.4 Å². The molecule has 5 heteroatoms. The number of benzene rings is 2. The zero-order valence-electron chi connectivity index (χ0n) is 12.9. The van der Waals surface area contributed by atoms with Gasteiger partial charge in [0.25, 0.3) is 5.91 Å². The smallest absolute Gasteiger partial charge is 0.255 e. The fourth-order valence-electron chi connectivity index (χ4n) is 2.55. The summed E-state index contributed by atoms with van der Waals surface area (Å²) in [4.78, 5) is 24.5. The van der Waals surface area contributed by atoms with Crippen LogP contribution in [0.2, 0.25) is 0 Å². The van der Waals surface area contributed by atoms with Gasteiger partial charge in [0.2, 0.25) is 0 Å². The predicted octanol–water partition coefficient (Wildman–Crippen LogP) is 3.82. The van der Waals surface area contributed by atoms with Crippen molar-refractivity contribution in [3.63, 3.8) is 0 Å². The first-order valence-electron chi connectivity index (χ1n) is 7.28. The van der Waals surface area contributed by atoms with E-state index in [9.17, 15) is 14.0 Å². The normalized spacial score (nSPS) is 15.5. The molecule has 0 atom stereocenters. The highest BCUT2D eigenvalue weighted by atomic mass is 19.1. The summed E-state index contributed by atoms with van der Waals surface area (Å²) in [6.07, 6.45) is 0.248. The van der Waals surface area contributed by atoms with Crippen LogP contribution >= 0.6 is 0 Å². The largest absolute Gasteiger partial charge is 0.487 e. The molecule has 0 saturated heterocycles. The number of ether oxygens (including phenoxy) is 1. The summed E-state index contributed by atoms with van der Waals surface area (Å²) in [5.41, 5.74) is 0.203. The molecule has 2 aromatic carbocycles. The zero-order chi connectivity index (χ0) is 16.6. The van der Waals surface area contributed by atoms with Crippen LogP contribution in [0.15, 0.2) is 42.5 Å². The molecule has 2 aromatic rings. The Morgan fingerprint density at radius 1 is 1.22 bits per heavy atom. The van der Waals surface area contributed by atoms with Gasteiger partial charge in [0, 0.05) is 5.56 Å². The van der Waals surface area contributed by atoms with Gasteiger partial charge in [-0.15, -0.1) is 0 Å². The van der Waals surface area contributed by atoms with Gasteiger partial charge >= 0.3 is 0 Å². The van der Waals surface area contributed by atoms with E-state index in [1.807, 2.05) is 13.8 Å². The first-order chi connectivity index (χ1) is 10.9. The molecule has 0 saturated carbocycles. The summed E-state index contributed by atoms with van der Waals surface area (Å²) in [6, 6.07) is 10.6. The highest BCUT2D eigenvalue weighted by Gasteiger charge is 2.32. The number of anilines is 1. The summed E-state index contributed by atoms with van der Waals surface area (Å²) >= 11 is 0. The van der Waals surface area contributed by atoms with E-state index in [4.69, 9.17) is 4.74 Å². The molecule has 1 aliphatic rings. The number of nitrogens with one attached hydrogen (secondary N) is 1. The van der Waals surface area contributed by atoms with Gasteiger partial charge in [-0.2, -0.15) is 0 Å². The molecule has 1 amide bonds. The standard InChI is InChI=1S/C18H16FNO3/c1-18(2)10-15(21)12-9-11(7-8-16(12)23-18)17(22)20-14-6-4-3-5-13(14)19/h3-9H,10H2,1-2H3,(H,20,22). The number of amides is 1. The predicted molar refractivity (Wildman–Crippen MR) is 84.4 cm³/mol.